The first-order valence-electron chi connectivity index (χ1n) is 7.04. The third-order valence-corrected chi connectivity index (χ3v) is 2.99. The minimum atomic E-state index is -0.611. The molecule has 2 N–H and O–H groups in total. The van der Waals surface area contributed by atoms with Crippen molar-refractivity contribution in [1.29, 1.82) is 0 Å². The van der Waals surface area contributed by atoms with E-state index in [1.54, 1.807) is 0 Å². The summed E-state index contributed by atoms with van der Waals surface area (Å²) in [5.41, 5.74) is 1.69. The number of hydrogen-bond acceptors (Lipinski definition) is 3. The molecule has 1 aromatic rings. The van der Waals surface area contributed by atoms with E-state index in [1.807, 2.05) is 52.8 Å². The Morgan fingerprint density at radius 3 is 2.45 bits per heavy atom. The fraction of sp³-hybridized carbons (Fsp3) is 0.562. The molecule has 0 fully saturated rings. The van der Waals surface area contributed by atoms with Crippen molar-refractivity contribution in [2.24, 2.45) is 5.92 Å². The van der Waals surface area contributed by atoms with Crippen molar-refractivity contribution in [2.75, 3.05) is 5.32 Å². The molecule has 0 aliphatic carbocycles. The Kier molecular flexibility index (Phi) is 6.02. The normalized spacial score (nSPS) is 12.6. The van der Waals surface area contributed by atoms with Crippen LogP contribution in [-0.2, 0) is 4.79 Å². The second-order valence-electron chi connectivity index (χ2n) is 5.71. The molecule has 20 heavy (non-hydrogen) atoms. The lowest BCUT2D eigenvalue weighted by molar-refractivity contribution is -0.118. The summed E-state index contributed by atoms with van der Waals surface area (Å²) in [4.78, 5) is 11.8. The maximum absolute atomic E-state index is 11.8. The molecule has 0 bridgehead atoms. The van der Waals surface area contributed by atoms with Gasteiger partial charge in [-0.3, -0.25) is 4.79 Å². The van der Waals surface area contributed by atoms with Crippen molar-refractivity contribution in [3.8, 4) is 5.75 Å². The molecule has 112 valence electrons. The van der Waals surface area contributed by atoms with Gasteiger partial charge in [-0.25, -0.2) is 0 Å². The number of carbonyl (C=O) groups excluding carboxylic acids is 1. The molecule has 0 saturated heterocycles. The Balaban J connectivity index is 2.65. The lowest BCUT2D eigenvalue weighted by atomic mass is 10.0. The van der Waals surface area contributed by atoms with Crippen LogP contribution in [0.1, 0.15) is 39.7 Å². The zero-order valence-electron chi connectivity index (χ0n) is 12.9. The van der Waals surface area contributed by atoms with Crippen molar-refractivity contribution in [1.82, 2.24) is 0 Å². The molecule has 0 saturated carbocycles. The molecule has 1 amide bonds. The maximum Gasteiger partial charge on any atom is 0.226 e. The van der Waals surface area contributed by atoms with Gasteiger partial charge in [0.2, 0.25) is 5.91 Å². The number of hydrogen-bond donors (Lipinski definition) is 2. The molecule has 0 aliphatic heterocycles. The van der Waals surface area contributed by atoms with Crippen LogP contribution in [0.3, 0.4) is 0 Å². The summed E-state index contributed by atoms with van der Waals surface area (Å²) in [5, 5.41) is 12.5. The predicted octanol–water partition coefficient (Wildman–Crippen LogP) is 3.13. The standard InChI is InChI=1S/C16H25NO3/c1-10(2)14(18)9-16(19)17-13-6-7-15(12(5)8-13)20-11(3)4/h6-8,10-11,14,18H,9H2,1-5H3,(H,17,19). The number of carbonyl (C=O) groups is 1. The van der Waals surface area contributed by atoms with E-state index in [9.17, 15) is 9.90 Å². The van der Waals surface area contributed by atoms with Gasteiger partial charge >= 0.3 is 0 Å². The average Bonchev–Trinajstić information content (AvgIpc) is 2.31. The predicted molar refractivity (Wildman–Crippen MR) is 81.0 cm³/mol. The molecule has 0 aromatic heterocycles. The number of aliphatic hydroxyl groups excluding tert-OH is 1. The van der Waals surface area contributed by atoms with Crippen LogP contribution in [0, 0.1) is 12.8 Å². The lowest BCUT2D eigenvalue weighted by Crippen LogP contribution is -2.23. The second kappa shape index (κ2) is 7.29. The number of aliphatic hydroxyl groups is 1. The first kappa shape index (κ1) is 16.5. The highest BCUT2D eigenvalue weighted by molar-refractivity contribution is 5.91. The average molecular weight is 279 g/mol. The van der Waals surface area contributed by atoms with E-state index in [4.69, 9.17) is 4.74 Å². The van der Waals surface area contributed by atoms with Crippen LogP contribution in [0.5, 0.6) is 5.75 Å². The van der Waals surface area contributed by atoms with Crippen LogP contribution in [-0.4, -0.2) is 23.2 Å². The van der Waals surface area contributed by atoms with Gasteiger partial charge in [0.25, 0.3) is 0 Å². The quantitative estimate of drug-likeness (QED) is 0.841. The number of aryl methyl sites for hydroxylation is 1. The topological polar surface area (TPSA) is 58.6 Å². The van der Waals surface area contributed by atoms with Gasteiger partial charge in [0, 0.05) is 5.69 Å². The van der Waals surface area contributed by atoms with E-state index < -0.39 is 6.10 Å². The largest absolute Gasteiger partial charge is 0.491 e. The van der Waals surface area contributed by atoms with E-state index in [-0.39, 0.29) is 24.3 Å². The molecule has 1 rings (SSSR count). The molecule has 4 nitrogen and oxygen atoms in total. The Morgan fingerprint density at radius 2 is 1.95 bits per heavy atom. The summed E-state index contributed by atoms with van der Waals surface area (Å²) in [7, 11) is 0. The number of rotatable bonds is 6. The minimum Gasteiger partial charge on any atom is -0.491 e. The molecule has 0 spiro atoms. The fourth-order valence-electron chi connectivity index (χ4n) is 1.75. The van der Waals surface area contributed by atoms with E-state index in [0.717, 1.165) is 17.0 Å². The third kappa shape index (κ3) is 5.21. The van der Waals surface area contributed by atoms with Crippen LogP contribution in [0.25, 0.3) is 0 Å². The summed E-state index contributed by atoms with van der Waals surface area (Å²) >= 11 is 0. The van der Waals surface area contributed by atoms with E-state index in [1.165, 1.54) is 0 Å². The Hall–Kier alpha value is -1.55. The summed E-state index contributed by atoms with van der Waals surface area (Å²) in [6.45, 7) is 9.67. The number of benzene rings is 1. The number of nitrogens with one attached hydrogen (secondary N) is 1. The zero-order valence-corrected chi connectivity index (χ0v) is 12.9. The van der Waals surface area contributed by atoms with Crippen molar-refractivity contribution in [2.45, 2.75) is 53.2 Å². The smallest absolute Gasteiger partial charge is 0.226 e. The van der Waals surface area contributed by atoms with Gasteiger partial charge in [-0.1, -0.05) is 13.8 Å². The summed E-state index contributed by atoms with van der Waals surface area (Å²) in [6, 6.07) is 5.53. The third-order valence-electron chi connectivity index (χ3n) is 2.99. The highest BCUT2D eigenvalue weighted by Gasteiger charge is 2.14. The van der Waals surface area contributed by atoms with Gasteiger partial charge in [-0.05, 0) is 50.5 Å². The van der Waals surface area contributed by atoms with E-state index in [0.29, 0.717) is 0 Å². The first-order valence-corrected chi connectivity index (χ1v) is 7.04. The van der Waals surface area contributed by atoms with Gasteiger partial charge in [0.15, 0.2) is 0 Å². The van der Waals surface area contributed by atoms with Crippen molar-refractivity contribution < 1.29 is 14.6 Å². The number of amides is 1. The van der Waals surface area contributed by atoms with Gasteiger partial charge < -0.3 is 15.2 Å². The second-order valence-corrected chi connectivity index (χ2v) is 5.71. The van der Waals surface area contributed by atoms with Gasteiger partial charge in [-0.2, -0.15) is 0 Å². The van der Waals surface area contributed by atoms with E-state index >= 15 is 0 Å². The van der Waals surface area contributed by atoms with Crippen molar-refractivity contribution in [3.05, 3.63) is 23.8 Å². The molecule has 1 unspecified atom stereocenters. The van der Waals surface area contributed by atoms with Gasteiger partial charge in [0.05, 0.1) is 18.6 Å². The first-order chi connectivity index (χ1) is 9.29. The highest BCUT2D eigenvalue weighted by Crippen LogP contribution is 2.23. The number of ether oxygens (including phenoxy) is 1. The molecule has 0 heterocycles. The van der Waals surface area contributed by atoms with Crippen LogP contribution in [0.2, 0.25) is 0 Å². The fourth-order valence-corrected chi connectivity index (χ4v) is 1.75. The SMILES string of the molecule is Cc1cc(NC(=O)CC(O)C(C)C)ccc1OC(C)C. The molecule has 1 atom stereocenters. The van der Waals surface area contributed by atoms with E-state index in [2.05, 4.69) is 5.32 Å². The van der Waals surface area contributed by atoms with Crippen LogP contribution in [0.4, 0.5) is 5.69 Å². The van der Waals surface area contributed by atoms with Crippen LogP contribution < -0.4 is 10.1 Å². The molecule has 1 aromatic carbocycles. The summed E-state index contributed by atoms with van der Waals surface area (Å²) < 4.78 is 5.65. The Labute approximate surface area is 121 Å². The highest BCUT2D eigenvalue weighted by atomic mass is 16.5. The zero-order chi connectivity index (χ0) is 15.3. The van der Waals surface area contributed by atoms with Crippen molar-refractivity contribution >= 4 is 11.6 Å². The summed E-state index contributed by atoms with van der Waals surface area (Å²) in [5.74, 6) is 0.715. The van der Waals surface area contributed by atoms with Gasteiger partial charge in [0.1, 0.15) is 5.75 Å². The van der Waals surface area contributed by atoms with Crippen molar-refractivity contribution in [3.63, 3.8) is 0 Å². The molecular weight excluding hydrogens is 254 g/mol. The van der Waals surface area contributed by atoms with Crippen LogP contribution >= 0.6 is 0 Å². The maximum atomic E-state index is 11.8. The monoisotopic (exact) mass is 279 g/mol. The summed E-state index contributed by atoms with van der Waals surface area (Å²) in [6.07, 6.45) is -0.379. The Bertz CT molecular complexity index is 455. The molecule has 0 aliphatic rings. The minimum absolute atomic E-state index is 0.0734. The molecule has 0 radical (unpaired) electrons. The lowest BCUT2D eigenvalue weighted by Gasteiger charge is -2.15. The van der Waals surface area contributed by atoms with Gasteiger partial charge in [-0.15, -0.1) is 0 Å². The number of anilines is 1. The molecule has 4 heteroatoms. The van der Waals surface area contributed by atoms with Crippen LogP contribution in [0.15, 0.2) is 18.2 Å². The molecular formula is C16H25NO3. The Morgan fingerprint density at radius 1 is 1.30 bits per heavy atom.